The fraction of sp³-hybridized carbons (Fsp3) is 0.412. The van der Waals surface area contributed by atoms with E-state index in [9.17, 15) is 21.6 Å². The van der Waals surface area contributed by atoms with E-state index in [-0.39, 0.29) is 17.6 Å². The molecule has 0 bridgehead atoms. The summed E-state index contributed by atoms with van der Waals surface area (Å²) in [6.45, 7) is 2.52. The van der Waals surface area contributed by atoms with E-state index in [0.29, 0.717) is 24.9 Å². The number of halogens is 3. The molecule has 0 amide bonds. The summed E-state index contributed by atoms with van der Waals surface area (Å²) in [5.41, 5.74) is 2.10. The number of hydrogen-bond donors (Lipinski definition) is 1. The lowest BCUT2D eigenvalue weighted by atomic mass is 10.1. The van der Waals surface area contributed by atoms with Gasteiger partial charge in [-0.2, -0.15) is 18.2 Å². The van der Waals surface area contributed by atoms with Crippen LogP contribution in [-0.2, 0) is 22.7 Å². The second kappa shape index (κ2) is 6.59. The van der Waals surface area contributed by atoms with Crippen LogP contribution in [0.5, 0.6) is 0 Å². The number of fused-ring (bicyclic) bond motifs is 1. The largest absolute Gasteiger partial charge is 0.471 e. The molecule has 4 rings (SSSR count). The molecule has 2 heterocycles. The molecule has 1 aliphatic carbocycles. The topological polar surface area (TPSA) is 90.0 Å². The molecule has 0 aliphatic heterocycles. The molecule has 1 fully saturated rings. The van der Waals surface area contributed by atoms with Gasteiger partial charge in [-0.05, 0) is 31.4 Å². The van der Waals surface area contributed by atoms with Crippen LogP contribution in [0.1, 0.15) is 24.3 Å². The lowest BCUT2D eigenvalue weighted by Crippen LogP contribution is -2.30. The van der Waals surface area contributed by atoms with Gasteiger partial charge in [-0.3, -0.25) is 0 Å². The maximum Gasteiger partial charge on any atom is 0.471 e. The molecule has 1 saturated carbocycles. The van der Waals surface area contributed by atoms with Crippen molar-refractivity contribution in [3.63, 3.8) is 0 Å². The van der Waals surface area contributed by atoms with Crippen LogP contribution in [0.15, 0.2) is 28.9 Å². The highest BCUT2D eigenvalue weighted by atomic mass is 32.2. The molecule has 0 spiro atoms. The number of sulfonamides is 1. The molecule has 150 valence electrons. The molecule has 3 aromatic rings. The molecule has 11 heteroatoms. The molecule has 1 aliphatic rings. The van der Waals surface area contributed by atoms with Crippen molar-refractivity contribution in [3.05, 3.63) is 35.9 Å². The summed E-state index contributed by atoms with van der Waals surface area (Å²) < 4.78 is 70.6. The molecule has 0 radical (unpaired) electrons. The fourth-order valence-corrected chi connectivity index (χ4v) is 4.43. The third kappa shape index (κ3) is 3.63. The van der Waals surface area contributed by atoms with Crippen LogP contribution >= 0.6 is 0 Å². The zero-order valence-electron chi connectivity index (χ0n) is 14.8. The molecule has 0 atom stereocenters. The number of rotatable bonds is 6. The van der Waals surface area contributed by atoms with Gasteiger partial charge in [0.25, 0.3) is 0 Å². The predicted octanol–water partition coefficient (Wildman–Crippen LogP) is 3.10. The first-order chi connectivity index (χ1) is 13.1. The van der Waals surface area contributed by atoms with Gasteiger partial charge >= 0.3 is 12.1 Å². The first-order valence-corrected chi connectivity index (χ1v) is 10.2. The van der Waals surface area contributed by atoms with Gasteiger partial charge in [0.05, 0.1) is 5.25 Å². The van der Waals surface area contributed by atoms with E-state index in [1.165, 1.54) is 0 Å². The normalized spacial score (nSPS) is 15.4. The highest BCUT2D eigenvalue weighted by molar-refractivity contribution is 7.90. The smallest absolute Gasteiger partial charge is 0.346 e. The summed E-state index contributed by atoms with van der Waals surface area (Å²) in [6, 6.07) is 5.07. The van der Waals surface area contributed by atoms with Crippen molar-refractivity contribution < 1.29 is 26.1 Å². The Labute approximate surface area is 158 Å². The minimum Gasteiger partial charge on any atom is -0.346 e. The van der Waals surface area contributed by atoms with Gasteiger partial charge in [0.1, 0.15) is 0 Å². The Balaban J connectivity index is 1.59. The van der Waals surface area contributed by atoms with Gasteiger partial charge in [0, 0.05) is 35.8 Å². The first-order valence-electron chi connectivity index (χ1n) is 8.64. The Bertz CT molecular complexity index is 1130. The number of aryl methyl sites for hydroxylation is 1. The molecule has 1 N–H and O–H groups in total. The quantitative estimate of drug-likeness (QED) is 0.670. The molecule has 28 heavy (non-hydrogen) atoms. The number of benzene rings is 1. The first kappa shape index (κ1) is 18.9. The van der Waals surface area contributed by atoms with Crippen molar-refractivity contribution in [3.8, 4) is 11.4 Å². The van der Waals surface area contributed by atoms with Crippen LogP contribution in [0, 0.1) is 6.92 Å². The summed E-state index contributed by atoms with van der Waals surface area (Å²) in [7, 11) is -3.27. The van der Waals surface area contributed by atoms with E-state index in [1.807, 2.05) is 17.7 Å². The Kier molecular flexibility index (Phi) is 4.46. The van der Waals surface area contributed by atoms with Crippen molar-refractivity contribution in [2.75, 3.05) is 6.54 Å². The maximum absolute atomic E-state index is 12.7. The van der Waals surface area contributed by atoms with Crippen molar-refractivity contribution in [1.82, 2.24) is 19.4 Å². The van der Waals surface area contributed by atoms with Crippen LogP contribution in [0.2, 0.25) is 0 Å². The van der Waals surface area contributed by atoms with Crippen LogP contribution in [-0.4, -0.2) is 34.9 Å². The zero-order valence-corrected chi connectivity index (χ0v) is 15.6. The Morgan fingerprint density at radius 3 is 2.71 bits per heavy atom. The van der Waals surface area contributed by atoms with E-state index >= 15 is 0 Å². The van der Waals surface area contributed by atoms with E-state index in [1.54, 1.807) is 18.2 Å². The molecular weight excluding hydrogens is 397 g/mol. The number of aromatic nitrogens is 3. The number of nitrogens with one attached hydrogen (secondary N) is 1. The van der Waals surface area contributed by atoms with Crippen molar-refractivity contribution in [2.45, 2.75) is 37.7 Å². The average molecular weight is 414 g/mol. The lowest BCUT2D eigenvalue weighted by Gasteiger charge is -2.08. The van der Waals surface area contributed by atoms with E-state index in [4.69, 9.17) is 0 Å². The van der Waals surface area contributed by atoms with Gasteiger partial charge in [-0.1, -0.05) is 17.3 Å². The summed E-state index contributed by atoms with van der Waals surface area (Å²) in [5.74, 6) is -1.56. The van der Waals surface area contributed by atoms with Gasteiger partial charge in [0.2, 0.25) is 15.8 Å². The minimum atomic E-state index is -4.70. The Morgan fingerprint density at radius 2 is 2.07 bits per heavy atom. The second-order valence-corrected chi connectivity index (χ2v) is 8.84. The summed E-state index contributed by atoms with van der Waals surface area (Å²) >= 11 is 0. The van der Waals surface area contributed by atoms with Crippen LogP contribution in [0.25, 0.3) is 22.3 Å². The van der Waals surface area contributed by atoms with Gasteiger partial charge < -0.3 is 9.09 Å². The lowest BCUT2D eigenvalue weighted by molar-refractivity contribution is -0.159. The van der Waals surface area contributed by atoms with Crippen molar-refractivity contribution >= 4 is 20.9 Å². The predicted molar refractivity (Wildman–Crippen MR) is 94.9 cm³/mol. The average Bonchev–Trinajstić information content (AvgIpc) is 3.28. The third-order valence-electron chi connectivity index (χ3n) is 4.63. The molecule has 2 aromatic heterocycles. The monoisotopic (exact) mass is 414 g/mol. The molecular formula is C17H17F3N4O3S. The maximum atomic E-state index is 12.7. The minimum absolute atomic E-state index is 0.158. The van der Waals surface area contributed by atoms with Crippen molar-refractivity contribution in [2.24, 2.45) is 0 Å². The SMILES string of the molecule is Cc1cn(CCNS(=O)(=O)C2CC2)c2cc(-c3noc(C(F)(F)F)n3)ccc12. The van der Waals surface area contributed by atoms with Crippen LogP contribution < -0.4 is 4.72 Å². The van der Waals surface area contributed by atoms with E-state index < -0.39 is 22.1 Å². The molecule has 7 nitrogen and oxygen atoms in total. The van der Waals surface area contributed by atoms with Gasteiger partial charge in [0.15, 0.2) is 0 Å². The van der Waals surface area contributed by atoms with Gasteiger partial charge in [-0.15, -0.1) is 0 Å². The van der Waals surface area contributed by atoms with Gasteiger partial charge in [-0.25, -0.2) is 13.1 Å². The van der Waals surface area contributed by atoms with Crippen molar-refractivity contribution in [1.29, 1.82) is 0 Å². The number of alkyl halides is 3. The number of nitrogens with zero attached hydrogens (tertiary/aromatic N) is 3. The Morgan fingerprint density at radius 1 is 1.32 bits per heavy atom. The molecule has 0 saturated heterocycles. The van der Waals surface area contributed by atoms with E-state index in [0.717, 1.165) is 16.5 Å². The summed E-state index contributed by atoms with van der Waals surface area (Å²) in [4.78, 5) is 3.41. The summed E-state index contributed by atoms with van der Waals surface area (Å²) in [5, 5.41) is 4.03. The zero-order chi connectivity index (χ0) is 20.1. The van der Waals surface area contributed by atoms with Crippen LogP contribution in [0.4, 0.5) is 13.2 Å². The fourth-order valence-electron chi connectivity index (χ4n) is 3.06. The van der Waals surface area contributed by atoms with E-state index in [2.05, 4.69) is 19.4 Å². The standard InChI is InChI=1S/C17H17F3N4O3S/c1-10-9-24(7-6-21-28(25,26)12-3-4-12)14-8-11(2-5-13(10)14)15-22-16(27-23-15)17(18,19)20/h2,5,8-9,12,21H,3-4,6-7H2,1H3. The van der Waals surface area contributed by atoms with Crippen LogP contribution in [0.3, 0.4) is 0 Å². The second-order valence-electron chi connectivity index (χ2n) is 6.80. The third-order valence-corrected chi connectivity index (χ3v) is 6.58. The molecule has 1 aromatic carbocycles. The highest BCUT2D eigenvalue weighted by Gasteiger charge is 2.38. The number of hydrogen-bond acceptors (Lipinski definition) is 5. The Hall–Kier alpha value is -2.40. The highest BCUT2D eigenvalue weighted by Crippen LogP contribution is 2.31. The molecule has 0 unspecified atom stereocenters. The summed E-state index contributed by atoms with van der Waals surface area (Å²) in [6.07, 6.45) is -1.45.